The van der Waals surface area contributed by atoms with Crippen LogP contribution in [0.3, 0.4) is 0 Å². The van der Waals surface area contributed by atoms with Crippen molar-refractivity contribution in [2.45, 2.75) is 39.3 Å². The normalized spacial score (nSPS) is 19.1. The minimum atomic E-state index is -0.484. The standard InChI is InChI=1S/C33H40N4O3/c1-27-10-9-15-31(24-27)36-21-19-35(20-22-36)18-8-7-17-34-32(38)37(23-16-29-13-5-6-14-30(29)25-37)33(39)40-26-28-11-3-2-4-12-28/h2-6,9-15,24H,7-8,16-23,25-26H2,1H3/p+1/t37-/m1/s1. The second-order valence-electron chi connectivity index (χ2n) is 11.0. The summed E-state index contributed by atoms with van der Waals surface area (Å²) in [4.78, 5) is 32.0. The Balaban J connectivity index is 1.11. The van der Waals surface area contributed by atoms with Crippen molar-refractivity contribution in [1.29, 1.82) is 0 Å². The molecule has 210 valence electrons. The molecule has 2 heterocycles. The smallest absolute Gasteiger partial charge is 0.415 e. The molecule has 7 nitrogen and oxygen atoms in total. The van der Waals surface area contributed by atoms with E-state index in [1.807, 2.05) is 48.5 Å². The number of quaternary nitrogens is 1. The van der Waals surface area contributed by atoms with Gasteiger partial charge in [-0.25, -0.2) is 4.79 Å². The molecule has 0 saturated carbocycles. The zero-order valence-electron chi connectivity index (χ0n) is 23.6. The monoisotopic (exact) mass is 541 g/mol. The number of nitrogens with one attached hydrogen (secondary N) is 1. The Hall–Kier alpha value is -3.68. The van der Waals surface area contributed by atoms with Gasteiger partial charge >= 0.3 is 12.1 Å². The molecule has 3 aromatic carbocycles. The summed E-state index contributed by atoms with van der Waals surface area (Å²) in [5, 5.41) is 3.08. The van der Waals surface area contributed by atoms with Gasteiger partial charge in [-0.1, -0.05) is 66.7 Å². The van der Waals surface area contributed by atoms with Crippen molar-refractivity contribution in [3.63, 3.8) is 0 Å². The number of rotatable bonds is 8. The number of piperazine rings is 1. The summed E-state index contributed by atoms with van der Waals surface area (Å²) in [6, 6.07) is 26.1. The predicted molar refractivity (Wildman–Crippen MR) is 158 cm³/mol. The van der Waals surface area contributed by atoms with Gasteiger partial charge in [0.25, 0.3) is 0 Å². The van der Waals surface area contributed by atoms with Crippen LogP contribution >= 0.6 is 0 Å². The highest BCUT2D eigenvalue weighted by molar-refractivity contribution is 5.80. The largest absolute Gasteiger partial charge is 0.525 e. The van der Waals surface area contributed by atoms with Crippen LogP contribution in [-0.4, -0.2) is 67.3 Å². The maximum Gasteiger partial charge on any atom is 0.525 e. The lowest BCUT2D eigenvalue weighted by molar-refractivity contribution is -0.794. The van der Waals surface area contributed by atoms with Crippen molar-refractivity contribution >= 4 is 17.8 Å². The molecular formula is C33H41N4O3+. The van der Waals surface area contributed by atoms with Crippen LogP contribution in [0.1, 0.15) is 35.1 Å². The van der Waals surface area contributed by atoms with Crippen LogP contribution in [0.4, 0.5) is 15.3 Å². The summed E-state index contributed by atoms with van der Waals surface area (Å²) < 4.78 is 5.38. The van der Waals surface area contributed by atoms with Crippen molar-refractivity contribution in [2.75, 3.05) is 50.7 Å². The number of fused-ring (bicyclic) bond motifs is 1. The fraction of sp³-hybridized carbons (Fsp3) is 0.394. The first kappa shape index (κ1) is 27.9. The van der Waals surface area contributed by atoms with Crippen molar-refractivity contribution < 1.29 is 18.8 Å². The number of aryl methyl sites for hydroxylation is 1. The molecule has 0 radical (unpaired) electrons. The molecule has 2 aliphatic heterocycles. The zero-order valence-corrected chi connectivity index (χ0v) is 23.6. The molecule has 0 aromatic heterocycles. The predicted octanol–water partition coefficient (Wildman–Crippen LogP) is 5.52. The number of urea groups is 1. The van der Waals surface area contributed by atoms with Gasteiger partial charge in [-0.15, -0.1) is 4.48 Å². The Morgan fingerprint density at radius 1 is 0.875 bits per heavy atom. The molecule has 40 heavy (non-hydrogen) atoms. The third-order valence-electron chi connectivity index (χ3n) is 8.18. The summed E-state index contributed by atoms with van der Waals surface area (Å²) in [6.45, 7) is 8.76. The van der Waals surface area contributed by atoms with Gasteiger partial charge in [-0.05, 0) is 55.1 Å². The number of hydrogen-bond acceptors (Lipinski definition) is 5. The van der Waals surface area contributed by atoms with E-state index in [1.165, 1.54) is 16.8 Å². The number of ether oxygens (including phenoxy) is 1. The third-order valence-corrected chi connectivity index (χ3v) is 8.18. The van der Waals surface area contributed by atoms with Crippen molar-refractivity contribution in [1.82, 2.24) is 10.2 Å². The number of nitrogens with zero attached hydrogens (tertiary/aromatic N) is 3. The number of amides is 3. The average Bonchev–Trinajstić information content (AvgIpc) is 3.00. The van der Waals surface area contributed by atoms with Crippen LogP contribution in [-0.2, 0) is 24.3 Å². The molecule has 1 atom stereocenters. The van der Waals surface area contributed by atoms with Gasteiger partial charge in [0, 0.05) is 50.4 Å². The molecule has 5 rings (SSSR count). The average molecular weight is 542 g/mol. The van der Waals surface area contributed by atoms with E-state index in [1.54, 1.807) is 0 Å². The van der Waals surface area contributed by atoms with Gasteiger partial charge in [0.2, 0.25) is 0 Å². The van der Waals surface area contributed by atoms with E-state index in [4.69, 9.17) is 4.74 Å². The van der Waals surface area contributed by atoms with Crippen LogP contribution in [0.25, 0.3) is 0 Å². The lowest BCUT2D eigenvalue weighted by atomic mass is 9.98. The van der Waals surface area contributed by atoms with Crippen LogP contribution in [0.2, 0.25) is 0 Å². The second-order valence-corrected chi connectivity index (χ2v) is 11.0. The Bertz CT molecular complexity index is 1290. The summed E-state index contributed by atoms with van der Waals surface area (Å²) in [7, 11) is 0. The Morgan fingerprint density at radius 3 is 2.40 bits per heavy atom. The molecule has 1 saturated heterocycles. The molecule has 0 unspecified atom stereocenters. The number of imide groups is 1. The van der Waals surface area contributed by atoms with Crippen molar-refractivity contribution in [3.8, 4) is 0 Å². The Labute approximate surface area is 237 Å². The Morgan fingerprint density at radius 2 is 1.62 bits per heavy atom. The molecule has 0 spiro atoms. The van der Waals surface area contributed by atoms with Crippen molar-refractivity contribution in [3.05, 3.63) is 101 Å². The molecule has 0 bridgehead atoms. The van der Waals surface area contributed by atoms with E-state index in [0.29, 0.717) is 26.1 Å². The maximum atomic E-state index is 13.6. The van der Waals surface area contributed by atoms with Crippen LogP contribution < -0.4 is 10.2 Å². The number of carbonyl (C=O) groups excluding carboxylic acids is 2. The van der Waals surface area contributed by atoms with Crippen LogP contribution in [0.15, 0.2) is 78.9 Å². The van der Waals surface area contributed by atoms with Gasteiger partial charge in [-0.2, -0.15) is 4.79 Å². The van der Waals surface area contributed by atoms with E-state index in [-0.39, 0.29) is 17.1 Å². The molecule has 1 N–H and O–H groups in total. The molecule has 0 aliphatic carbocycles. The lowest BCUT2D eigenvalue weighted by Gasteiger charge is -2.36. The maximum absolute atomic E-state index is 13.6. The van der Waals surface area contributed by atoms with Gasteiger partial charge in [0.05, 0.1) is 0 Å². The minimum Gasteiger partial charge on any atom is -0.415 e. The van der Waals surface area contributed by atoms with E-state index < -0.39 is 6.09 Å². The van der Waals surface area contributed by atoms with Crippen molar-refractivity contribution in [2.24, 2.45) is 0 Å². The Kier molecular flexibility index (Phi) is 9.14. The van der Waals surface area contributed by atoms with E-state index in [2.05, 4.69) is 52.4 Å². The van der Waals surface area contributed by atoms with E-state index >= 15 is 0 Å². The second kappa shape index (κ2) is 13.1. The SMILES string of the molecule is Cc1cccc(N2CCN(CCCCNC(=O)[N@@+]3(C(=O)OCc4ccccc4)CCc4ccccc4C3)CC2)c1. The number of hydrogen-bond donors (Lipinski definition) is 1. The first-order chi connectivity index (χ1) is 19.5. The van der Waals surface area contributed by atoms with Crippen LogP contribution in [0.5, 0.6) is 0 Å². The number of unbranched alkanes of at least 4 members (excludes halogenated alkanes) is 1. The first-order valence-corrected chi connectivity index (χ1v) is 14.5. The molecule has 3 amide bonds. The summed E-state index contributed by atoms with van der Waals surface area (Å²) in [6.07, 6.45) is 2.06. The summed E-state index contributed by atoms with van der Waals surface area (Å²) >= 11 is 0. The topological polar surface area (TPSA) is 61.9 Å². The molecule has 2 aliphatic rings. The number of anilines is 1. The first-order valence-electron chi connectivity index (χ1n) is 14.5. The van der Waals surface area contributed by atoms with E-state index in [9.17, 15) is 9.59 Å². The molecular weight excluding hydrogens is 500 g/mol. The van der Waals surface area contributed by atoms with Gasteiger partial charge in [0.15, 0.2) is 0 Å². The zero-order chi connectivity index (χ0) is 27.8. The number of carbonyl (C=O) groups is 2. The van der Waals surface area contributed by atoms with Gasteiger partial charge in [-0.3, -0.25) is 4.90 Å². The highest BCUT2D eigenvalue weighted by Crippen LogP contribution is 2.27. The molecule has 3 aromatic rings. The van der Waals surface area contributed by atoms with Crippen LogP contribution in [0, 0.1) is 6.92 Å². The highest BCUT2D eigenvalue weighted by atomic mass is 16.6. The highest BCUT2D eigenvalue weighted by Gasteiger charge is 2.49. The summed E-state index contributed by atoms with van der Waals surface area (Å²) in [5.74, 6) is 0. The quantitative estimate of drug-likeness (QED) is 0.301. The third kappa shape index (κ3) is 6.72. The fourth-order valence-electron chi connectivity index (χ4n) is 5.75. The van der Waals surface area contributed by atoms with Gasteiger partial charge < -0.3 is 15.0 Å². The van der Waals surface area contributed by atoms with Gasteiger partial charge in [0.1, 0.15) is 19.7 Å². The summed E-state index contributed by atoms with van der Waals surface area (Å²) in [5.41, 5.74) is 5.74. The lowest BCUT2D eigenvalue weighted by Crippen LogP contribution is -2.62. The minimum absolute atomic E-state index is 0.158. The fourth-order valence-corrected chi connectivity index (χ4v) is 5.75. The van der Waals surface area contributed by atoms with E-state index in [0.717, 1.165) is 56.7 Å². The number of benzene rings is 3. The molecule has 7 heteroatoms. The molecule has 1 fully saturated rings.